The van der Waals surface area contributed by atoms with Crippen LogP contribution in [0.2, 0.25) is 0 Å². The van der Waals surface area contributed by atoms with Gasteiger partial charge in [0.15, 0.2) is 5.82 Å². The number of allylic oxidation sites excluding steroid dienone is 4. The molecule has 0 fully saturated rings. The molecule has 1 unspecified atom stereocenters. The zero-order valence-electron chi connectivity index (χ0n) is 18.8. The molecule has 0 spiro atoms. The summed E-state index contributed by atoms with van der Waals surface area (Å²) in [5.41, 5.74) is 5.46. The Balaban J connectivity index is 1.49. The predicted octanol–water partition coefficient (Wildman–Crippen LogP) is 5.69. The van der Waals surface area contributed by atoms with Crippen LogP contribution in [0.1, 0.15) is 41.8 Å². The van der Waals surface area contributed by atoms with E-state index >= 15 is 0 Å². The molecule has 1 heterocycles. The molecule has 2 N–H and O–H groups in total. The minimum absolute atomic E-state index is 0.0367. The van der Waals surface area contributed by atoms with Gasteiger partial charge in [0.1, 0.15) is 11.6 Å². The lowest BCUT2D eigenvalue weighted by atomic mass is 9.96. The molecule has 34 heavy (non-hydrogen) atoms. The van der Waals surface area contributed by atoms with Crippen molar-refractivity contribution in [3.8, 4) is 17.0 Å². The number of benzene rings is 2. The van der Waals surface area contributed by atoms with Gasteiger partial charge in [-0.25, -0.2) is 14.4 Å². The van der Waals surface area contributed by atoms with Crippen LogP contribution in [0.3, 0.4) is 0 Å². The summed E-state index contributed by atoms with van der Waals surface area (Å²) in [5, 5.41) is 12.9. The van der Waals surface area contributed by atoms with E-state index in [1.54, 1.807) is 18.2 Å². The van der Waals surface area contributed by atoms with Crippen molar-refractivity contribution in [1.29, 1.82) is 0 Å². The summed E-state index contributed by atoms with van der Waals surface area (Å²) < 4.78 is 13.3. The molecule has 5 rings (SSSR count). The Kier molecular flexibility index (Phi) is 6.21. The number of nitrogens with one attached hydrogen (secondary N) is 1. The standard InChI is InChI=1S/C28H26FN3O2/c29-21-11-9-19(10-12-21)16-26(34)32-28-25(15-18-5-2-1-3-6-18)30-27-23-14-13-22(33)17-20(23)7-4-8-24(27)31-28/h1-3,5-6,9,11-14,17,19,33H,4,7-8,10,15-16H2,(H,31,32,34). The maximum Gasteiger partial charge on any atom is 0.226 e. The minimum Gasteiger partial charge on any atom is -0.508 e. The molecule has 2 aromatic carbocycles. The van der Waals surface area contributed by atoms with Crippen molar-refractivity contribution in [2.45, 2.75) is 38.5 Å². The molecule has 0 saturated carbocycles. The highest BCUT2D eigenvalue weighted by molar-refractivity contribution is 5.91. The molecule has 2 aliphatic rings. The molecule has 5 nitrogen and oxygen atoms in total. The summed E-state index contributed by atoms with van der Waals surface area (Å²) in [7, 11) is 0. The Labute approximate surface area is 198 Å². The largest absolute Gasteiger partial charge is 0.508 e. The van der Waals surface area contributed by atoms with Crippen LogP contribution in [-0.2, 0) is 24.1 Å². The van der Waals surface area contributed by atoms with Crippen molar-refractivity contribution < 1.29 is 14.3 Å². The highest BCUT2D eigenvalue weighted by Gasteiger charge is 2.22. The second kappa shape index (κ2) is 9.59. The molecule has 3 aromatic rings. The van der Waals surface area contributed by atoms with Crippen LogP contribution in [0.5, 0.6) is 5.75 Å². The van der Waals surface area contributed by atoms with E-state index in [0.717, 1.165) is 47.3 Å². The van der Waals surface area contributed by atoms with Gasteiger partial charge in [-0.05, 0) is 73.1 Å². The Hall–Kier alpha value is -3.80. The molecule has 0 bridgehead atoms. The summed E-state index contributed by atoms with van der Waals surface area (Å²) in [6.45, 7) is 0. The Morgan fingerprint density at radius 1 is 1.12 bits per heavy atom. The van der Waals surface area contributed by atoms with Gasteiger partial charge in [0, 0.05) is 18.4 Å². The molecule has 6 heteroatoms. The number of phenolic OH excluding ortho intramolecular Hbond substituents is 1. The fourth-order valence-corrected chi connectivity index (χ4v) is 4.58. The molecule has 172 valence electrons. The van der Waals surface area contributed by atoms with Gasteiger partial charge in [-0.1, -0.05) is 36.4 Å². The van der Waals surface area contributed by atoms with Crippen LogP contribution in [0.15, 0.2) is 72.6 Å². The molecular weight excluding hydrogens is 429 g/mol. The third-order valence-corrected chi connectivity index (χ3v) is 6.31. The van der Waals surface area contributed by atoms with Crippen molar-refractivity contribution >= 4 is 11.7 Å². The van der Waals surface area contributed by atoms with Crippen molar-refractivity contribution in [2.75, 3.05) is 5.32 Å². The van der Waals surface area contributed by atoms with E-state index in [-0.39, 0.29) is 29.8 Å². The van der Waals surface area contributed by atoms with Crippen LogP contribution < -0.4 is 5.32 Å². The minimum atomic E-state index is -0.257. The van der Waals surface area contributed by atoms with Gasteiger partial charge >= 0.3 is 0 Å². The number of halogens is 1. The van der Waals surface area contributed by atoms with E-state index in [4.69, 9.17) is 9.97 Å². The van der Waals surface area contributed by atoms with Gasteiger partial charge in [0.05, 0.1) is 17.1 Å². The number of carbonyl (C=O) groups is 1. The summed E-state index contributed by atoms with van der Waals surface area (Å²) in [5.74, 6) is 0.275. The van der Waals surface area contributed by atoms with E-state index in [1.807, 2.05) is 36.4 Å². The Morgan fingerprint density at radius 2 is 1.97 bits per heavy atom. The summed E-state index contributed by atoms with van der Waals surface area (Å²) in [6, 6.07) is 15.3. The molecule has 1 aromatic heterocycles. The first kappa shape index (κ1) is 22.0. The fraction of sp³-hybridized carbons (Fsp3) is 0.250. The maximum atomic E-state index is 13.3. The molecular formula is C28H26FN3O2. The fourth-order valence-electron chi connectivity index (χ4n) is 4.58. The number of hydrogen-bond acceptors (Lipinski definition) is 4. The van der Waals surface area contributed by atoms with Gasteiger partial charge in [-0.15, -0.1) is 0 Å². The Bertz CT molecular complexity index is 1280. The average Bonchev–Trinajstić information content (AvgIpc) is 3.00. The molecule has 1 amide bonds. The summed E-state index contributed by atoms with van der Waals surface area (Å²) >= 11 is 0. The highest BCUT2D eigenvalue weighted by Crippen LogP contribution is 2.34. The van der Waals surface area contributed by atoms with Gasteiger partial charge in [-0.3, -0.25) is 4.79 Å². The molecule has 0 saturated heterocycles. The number of aromatic nitrogens is 2. The number of aromatic hydroxyl groups is 1. The third-order valence-electron chi connectivity index (χ3n) is 6.31. The van der Waals surface area contributed by atoms with Crippen LogP contribution in [0.4, 0.5) is 10.2 Å². The van der Waals surface area contributed by atoms with Crippen LogP contribution in [0, 0.1) is 5.92 Å². The zero-order valence-corrected chi connectivity index (χ0v) is 18.8. The second-order valence-electron chi connectivity index (χ2n) is 8.87. The number of anilines is 1. The second-order valence-corrected chi connectivity index (χ2v) is 8.87. The highest BCUT2D eigenvalue weighted by atomic mass is 19.1. The van der Waals surface area contributed by atoms with Gasteiger partial charge < -0.3 is 10.4 Å². The van der Waals surface area contributed by atoms with Crippen molar-refractivity contribution in [3.05, 3.63) is 95.1 Å². The SMILES string of the molecule is O=C(CC1C=CC(F)=CC1)Nc1nc2c(nc1Cc1ccccc1)-c1ccc(O)cc1CCC2. The van der Waals surface area contributed by atoms with Crippen LogP contribution >= 0.6 is 0 Å². The number of phenols is 1. The maximum absolute atomic E-state index is 13.3. The number of aryl methyl sites for hydroxylation is 2. The average molecular weight is 456 g/mol. The van der Waals surface area contributed by atoms with Gasteiger partial charge in [-0.2, -0.15) is 0 Å². The summed E-state index contributed by atoms with van der Waals surface area (Å²) in [6.07, 6.45) is 8.41. The lowest BCUT2D eigenvalue weighted by Gasteiger charge is -2.17. The first-order valence-electron chi connectivity index (χ1n) is 11.6. The molecule has 0 radical (unpaired) electrons. The lowest BCUT2D eigenvalue weighted by Crippen LogP contribution is -2.19. The number of nitrogens with zero attached hydrogens (tertiary/aromatic N) is 2. The summed E-state index contributed by atoms with van der Waals surface area (Å²) in [4.78, 5) is 22.8. The zero-order chi connectivity index (χ0) is 23.5. The third kappa shape index (κ3) is 4.91. The normalized spacial score (nSPS) is 16.7. The smallest absolute Gasteiger partial charge is 0.226 e. The first-order valence-corrected chi connectivity index (χ1v) is 11.6. The number of carbonyl (C=O) groups excluding carboxylic acids is 1. The topological polar surface area (TPSA) is 75.1 Å². The number of amides is 1. The predicted molar refractivity (Wildman–Crippen MR) is 130 cm³/mol. The first-order chi connectivity index (χ1) is 16.5. The van der Waals surface area contributed by atoms with E-state index in [2.05, 4.69) is 5.32 Å². The number of hydrogen-bond donors (Lipinski definition) is 2. The quantitative estimate of drug-likeness (QED) is 0.519. The lowest BCUT2D eigenvalue weighted by molar-refractivity contribution is -0.116. The Morgan fingerprint density at radius 3 is 2.76 bits per heavy atom. The molecule has 2 aliphatic carbocycles. The van der Waals surface area contributed by atoms with Crippen LogP contribution in [-0.4, -0.2) is 21.0 Å². The monoisotopic (exact) mass is 455 g/mol. The van der Waals surface area contributed by atoms with E-state index in [1.165, 1.54) is 12.2 Å². The number of fused-ring (bicyclic) bond motifs is 3. The van der Waals surface area contributed by atoms with Gasteiger partial charge in [0.25, 0.3) is 0 Å². The number of rotatable bonds is 5. The van der Waals surface area contributed by atoms with Crippen LogP contribution in [0.25, 0.3) is 11.3 Å². The van der Waals surface area contributed by atoms with Crippen molar-refractivity contribution in [2.24, 2.45) is 5.92 Å². The van der Waals surface area contributed by atoms with E-state index in [9.17, 15) is 14.3 Å². The molecule has 0 aliphatic heterocycles. The van der Waals surface area contributed by atoms with E-state index < -0.39 is 0 Å². The van der Waals surface area contributed by atoms with Gasteiger partial charge in [0.2, 0.25) is 5.91 Å². The van der Waals surface area contributed by atoms with Crippen molar-refractivity contribution in [1.82, 2.24) is 9.97 Å². The van der Waals surface area contributed by atoms with Crippen molar-refractivity contribution in [3.63, 3.8) is 0 Å². The van der Waals surface area contributed by atoms with E-state index in [0.29, 0.717) is 24.4 Å². The molecule has 1 atom stereocenters.